The minimum atomic E-state index is -3.47. The van der Waals surface area contributed by atoms with Gasteiger partial charge in [0.2, 0.25) is 0 Å². The lowest BCUT2D eigenvalue weighted by Gasteiger charge is -2.26. The Balaban J connectivity index is 1.55. The van der Waals surface area contributed by atoms with Crippen molar-refractivity contribution in [1.29, 1.82) is 0 Å². The van der Waals surface area contributed by atoms with Crippen LogP contribution >= 0.6 is 7.60 Å². The third-order valence-electron chi connectivity index (χ3n) is 4.15. The monoisotopic (exact) mass is 404 g/mol. The first-order chi connectivity index (χ1) is 13.6. The van der Waals surface area contributed by atoms with Crippen molar-refractivity contribution < 1.29 is 23.1 Å². The van der Waals surface area contributed by atoms with Crippen molar-refractivity contribution in [3.8, 4) is 11.5 Å². The molecule has 1 aliphatic heterocycles. The zero-order valence-corrected chi connectivity index (χ0v) is 16.6. The van der Waals surface area contributed by atoms with Crippen LogP contribution in [0.25, 0.3) is 0 Å². The Morgan fingerprint density at radius 3 is 2.00 bits per heavy atom. The first-order valence-corrected chi connectivity index (χ1v) is 11.1. The molecule has 28 heavy (non-hydrogen) atoms. The van der Waals surface area contributed by atoms with Crippen molar-refractivity contribution in [1.82, 2.24) is 10.2 Å². The van der Waals surface area contributed by atoms with Gasteiger partial charge in [0.1, 0.15) is 11.5 Å². The second-order valence-corrected chi connectivity index (χ2v) is 8.38. The average Bonchev–Trinajstić information content (AvgIpc) is 2.73. The predicted octanol–water partition coefficient (Wildman–Crippen LogP) is 3.77. The second-order valence-electron chi connectivity index (χ2n) is 6.35. The predicted molar refractivity (Wildman–Crippen MR) is 107 cm³/mol. The minimum Gasteiger partial charge on any atom is -0.449 e. The van der Waals surface area contributed by atoms with E-state index < -0.39 is 7.60 Å². The van der Waals surface area contributed by atoms with Crippen molar-refractivity contribution >= 4 is 13.7 Å². The summed E-state index contributed by atoms with van der Waals surface area (Å²) in [7, 11) is -3.47. The second kappa shape index (κ2) is 10.2. The third-order valence-corrected chi connectivity index (χ3v) is 5.99. The van der Waals surface area contributed by atoms with Crippen LogP contribution in [0.3, 0.4) is 0 Å². The van der Waals surface area contributed by atoms with Crippen LogP contribution in [0.4, 0.5) is 4.79 Å². The molecular formula is C20H25N2O5P. The summed E-state index contributed by atoms with van der Waals surface area (Å²) >= 11 is 0. The maximum absolute atomic E-state index is 13.3. The lowest BCUT2D eigenvalue weighted by atomic mass is 10.3. The van der Waals surface area contributed by atoms with E-state index in [9.17, 15) is 9.36 Å². The Kier molecular flexibility index (Phi) is 7.34. The summed E-state index contributed by atoms with van der Waals surface area (Å²) in [5, 5.41) is 3.18. The normalized spacial score (nSPS) is 14.4. The molecule has 1 aliphatic rings. The average molecular weight is 404 g/mol. The van der Waals surface area contributed by atoms with E-state index in [0.29, 0.717) is 31.0 Å². The number of hydrogen-bond donors (Lipinski definition) is 1. The molecule has 0 aromatic heterocycles. The van der Waals surface area contributed by atoms with Gasteiger partial charge in [0.15, 0.2) is 0 Å². The highest BCUT2D eigenvalue weighted by molar-refractivity contribution is 7.54. The van der Waals surface area contributed by atoms with Gasteiger partial charge in [-0.15, -0.1) is 0 Å². The van der Waals surface area contributed by atoms with Gasteiger partial charge in [0.25, 0.3) is 0 Å². The quantitative estimate of drug-likeness (QED) is 0.533. The van der Waals surface area contributed by atoms with Gasteiger partial charge in [-0.2, -0.15) is 0 Å². The van der Waals surface area contributed by atoms with Gasteiger partial charge < -0.3 is 24.0 Å². The third kappa shape index (κ3) is 6.29. The Morgan fingerprint density at radius 1 is 0.929 bits per heavy atom. The first-order valence-electron chi connectivity index (χ1n) is 9.35. The summed E-state index contributed by atoms with van der Waals surface area (Å²) in [5.74, 6) is 0.944. The van der Waals surface area contributed by atoms with Crippen molar-refractivity contribution in [2.45, 2.75) is 6.42 Å². The zero-order chi connectivity index (χ0) is 19.7. The molecule has 0 saturated carbocycles. The zero-order valence-electron chi connectivity index (χ0n) is 15.7. The van der Waals surface area contributed by atoms with Crippen LogP contribution in [0, 0.1) is 0 Å². The molecule has 1 amide bonds. The van der Waals surface area contributed by atoms with Crippen LogP contribution in [0.1, 0.15) is 6.42 Å². The van der Waals surface area contributed by atoms with Gasteiger partial charge in [-0.3, -0.25) is 0 Å². The molecule has 0 bridgehead atoms. The van der Waals surface area contributed by atoms with Crippen LogP contribution in [-0.4, -0.2) is 49.9 Å². The molecule has 150 valence electrons. The van der Waals surface area contributed by atoms with Crippen molar-refractivity contribution in [3.05, 3.63) is 60.7 Å². The molecule has 0 atom stereocenters. The van der Waals surface area contributed by atoms with E-state index >= 15 is 0 Å². The van der Waals surface area contributed by atoms with Gasteiger partial charge in [-0.1, -0.05) is 36.4 Å². The number of nitrogens with one attached hydrogen (secondary N) is 1. The summed E-state index contributed by atoms with van der Waals surface area (Å²) in [4.78, 5) is 13.7. The fraction of sp³-hybridized carbons (Fsp3) is 0.350. The van der Waals surface area contributed by atoms with Crippen molar-refractivity contribution in [3.63, 3.8) is 0 Å². The highest BCUT2D eigenvalue weighted by Gasteiger charge is 2.28. The topological polar surface area (TPSA) is 77.1 Å². The largest absolute Gasteiger partial charge is 0.449 e. The summed E-state index contributed by atoms with van der Waals surface area (Å²) < 4.78 is 30.0. The van der Waals surface area contributed by atoms with E-state index in [2.05, 4.69) is 5.32 Å². The maximum atomic E-state index is 13.3. The molecule has 1 heterocycles. The molecule has 8 heteroatoms. The number of carbonyl (C=O) groups excluding carboxylic acids is 1. The number of ether oxygens (including phenoxy) is 1. The van der Waals surface area contributed by atoms with E-state index in [1.54, 1.807) is 53.4 Å². The molecule has 1 fully saturated rings. The van der Waals surface area contributed by atoms with Crippen LogP contribution in [-0.2, 0) is 9.30 Å². The van der Waals surface area contributed by atoms with Crippen LogP contribution in [0.15, 0.2) is 60.7 Å². The molecule has 2 aromatic carbocycles. The number of carbonyl (C=O) groups is 1. The number of hydrogen-bond acceptors (Lipinski definition) is 6. The fourth-order valence-electron chi connectivity index (χ4n) is 2.75. The van der Waals surface area contributed by atoms with Gasteiger partial charge in [0.05, 0.1) is 12.8 Å². The van der Waals surface area contributed by atoms with Gasteiger partial charge in [-0.25, -0.2) is 9.36 Å². The molecule has 0 unspecified atom stereocenters. The summed E-state index contributed by atoms with van der Waals surface area (Å²) in [5.41, 5.74) is 0. The smallest absolute Gasteiger partial charge is 0.430 e. The molecule has 7 nitrogen and oxygen atoms in total. The van der Waals surface area contributed by atoms with Crippen molar-refractivity contribution in [2.75, 3.05) is 38.9 Å². The van der Waals surface area contributed by atoms with E-state index in [-0.39, 0.29) is 18.9 Å². The summed E-state index contributed by atoms with van der Waals surface area (Å²) in [6.45, 7) is 2.94. The van der Waals surface area contributed by atoms with Gasteiger partial charge in [-0.05, 0) is 30.7 Å². The fourth-order valence-corrected chi connectivity index (χ4v) is 4.37. The van der Waals surface area contributed by atoms with Crippen LogP contribution in [0.2, 0.25) is 0 Å². The minimum absolute atomic E-state index is 0.131. The number of rotatable bonds is 8. The Hall–Kier alpha value is -2.50. The number of piperazine rings is 1. The van der Waals surface area contributed by atoms with E-state index in [0.717, 1.165) is 13.1 Å². The number of benzene rings is 2. The number of amides is 1. The molecule has 1 saturated heterocycles. The van der Waals surface area contributed by atoms with Crippen molar-refractivity contribution in [2.24, 2.45) is 0 Å². The van der Waals surface area contributed by atoms with Crippen LogP contribution in [0.5, 0.6) is 11.5 Å². The standard InChI is InChI=1S/C20H25N2O5P/c23-20(22-14-12-21-13-15-22)25-16-7-17-28(24,26-18-8-3-1-4-9-18)27-19-10-5-2-6-11-19/h1-6,8-11,21H,7,12-17H2. The molecule has 2 aromatic rings. The molecule has 0 spiro atoms. The Morgan fingerprint density at radius 2 is 1.46 bits per heavy atom. The molecular weight excluding hydrogens is 379 g/mol. The van der Waals surface area contributed by atoms with Crippen LogP contribution < -0.4 is 14.4 Å². The Labute approximate surface area is 165 Å². The molecule has 3 rings (SSSR count). The van der Waals surface area contributed by atoms with E-state index in [1.807, 2.05) is 12.1 Å². The maximum Gasteiger partial charge on any atom is 0.430 e. The lowest BCUT2D eigenvalue weighted by molar-refractivity contribution is 0.0976. The Bertz CT molecular complexity index is 736. The first kappa shape index (κ1) is 20.2. The molecule has 0 radical (unpaired) electrons. The highest BCUT2D eigenvalue weighted by Crippen LogP contribution is 2.48. The van der Waals surface area contributed by atoms with E-state index in [4.69, 9.17) is 13.8 Å². The van der Waals surface area contributed by atoms with Gasteiger partial charge >= 0.3 is 13.7 Å². The summed E-state index contributed by atoms with van der Waals surface area (Å²) in [6, 6.07) is 17.8. The summed E-state index contributed by atoms with van der Waals surface area (Å²) in [6.07, 6.45) is 0.157. The highest BCUT2D eigenvalue weighted by atomic mass is 31.2. The lowest BCUT2D eigenvalue weighted by Crippen LogP contribution is -2.46. The number of para-hydroxylation sites is 2. The van der Waals surface area contributed by atoms with Gasteiger partial charge in [0, 0.05) is 26.2 Å². The van der Waals surface area contributed by atoms with E-state index in [1.165, 1.54) is 0 Å². The molecule has 1 N–H and O–H groups in total. The SMILES string of the molecule is O=C(OCCCP(=O)(Oc1ccccc1)Oc1ccccc1)N1CCNCC1. The number of nitrogens with zero attached hydrogens (tertiary/aromatic N) is 1. The molecule has 0 aliphatic carbocycles.